The minimum Gasteiger partial charge on any atom is -0.493 e. The smallest absolute Gasteiger partial charge is 0.295 e. The Bertz CT molecular complexity index is 1110. The molecular formula is C25H32N4O5. The zero-order valence-corrected chi connectivity index (χ0v) is 19.7. The summed E-state index contributed by atoms with van der Waals surface area (Å²) in [6, 6.07) is 12.0. The molecule has 1 aliphatic heterocycles. The molecule has 3 aromatic rings. The van der Waals surface area contributed by atoms with Crippen molar-refractivity contribution >= 4 is 23.0 Å². The summed E-state index contributed by atoms with van der Waals surface area (Å²) in [5, 5.41) is 15.0. The number of benzene rings is 2. The Hall–Kier alpha value is -3.30. The number of aromatic nitrogens is 1. The normalized spacial score (nSPS) is 14.8. The summed E-state index contributed by atoms with van der Waals surface area (Å²) in [6.07, 6.45) is 1.91. The lowest BCUT2D eigenvalue weighted by Gasteiger charge is -2.32. The number of hydrogen-bond donors (Lipinski definition) is 3. The van der Waals surface area contributed by atoms with Gasteiger partial charge in [0.15, 0.2) is 17.1 Å². The summed E-state index contributed by atoms with van der Waals surface area (Å²) in [4.78, 5) is 19.3. The number of nitrogens with one attached hydrogen (secondary N) is 2. The summed E-state index contributed by atoms with van der Waals surface area (Å²) in [5.74, 6) is 1.25. The Balaban J connectivity index is 1.34. The summed E-state index contributed by atoms with van der Waals surface area (Å²) < 4.78 is 16.9. The van der Waals surface area contributed by atoms with Crippen molar-refractivity contribution in [1.29, 1.82) is 0 Å². The predicted molar refractivity (Wildman–Crippen MR) is 130 cm³/mol. The van der Waals surface area contributed by atoms with Gasteiger partial charge in [0.05, 0.1) is 25.9 Å². The lowest BCUT2D eigenvalue weighted by Crippen LogP contribution is -2.38. The molecule has 2 heterocycles. The van der Waals surface area contributed by atoms with Crippen LogP contribution in [0.3, 0.4) is 0 Å². The zero-order chi connectivity index (χ0) is 23.9. The van der Waals surface area contributed by atoms with Gasteiger partial charge in [0.25, 0.3) is 11.9 Å². The highest BCUT2D eigenvalue weighted by atomic mass is 16.5. The first-order valence-corrected chi connectivity index (χ1v) is 11.7. The number of carbonyl (C=O) groups is 1. The number of oxazole rings is 1. The van der Waals surface area contributed by atoms with E-state index in [2.05, 4.69) is 32.7 Å². The van der Waals surface area contributed by atoms with Gasteiger partial charge in [-0.2, -0.15) is 4.98 Å². The molecule has 9 heteroatoms. The van der Waals surface area contributed by atoms with Gasteiger partial charge < -0.3 is 29.6 Å². The fraction of sp³-hybridized carbons (Fsp3) is 0.440. The summed E-state index contributed by atoms with van der Waals surface area (Å²) in [7, 11) is 1.65. The molecule has 0 bridgehead atoms. The minimum absolute atomic E-state index is 0.113. The number of fused-ring (bicyclic) bond motifs is 1. The Morgan fingerprint density at radius 1 is 1.24 bits per heavy atom. The van der Waals surface area contributed by atoms with Crippen molar-refractivity contribution < 1.29 is 23.8 Å². The quantitative estimate of drug-likeness (QED) is 0.417. The van der Waals surface area contributed by atoms with Crippen molar-refractivity contribution in [3.63, 3.8) is 0 Å². The average molecular weight is 469 g/mol. The molecule has 2 aromatic carbocycles. The number of hydrogen-bond acceptors (Lipinski definition) is 8. The number of aliphatic hydroxyl groups is 1. The van der Waals surface area contributed by atoms with E-state index in [-0.39, 0.29) is 25.1 Å². The molecule has 1 amide bonds. The molecular weight excluding hydrogens is 436 g/mol. The number of nitrogens with zero attached hydrogens (tertiary/aromatic N) is 2. The van der Waals surface area contributed by atoms with Crippen LogP contribution in [0.4, 0.5) is 6.01 Å². The number of para-hydroxylation sites is 1. The Labute approximate surface area is 199 Å². The highest BCUT2D eigenvalue weighted by molar-refractivity contribution is 6.04. The van der Waals surface area contributed by atoms with Crippen molar-refractivity contribution in [2.24, 2.45) is 0 Å². The fourth-order valence-corrected chi connectivity index (χ4v) is 4.21. The van der Waals surface area contributed by atoms with E-state index in [0.717, 1.165) is 44.0 Å². The second-order valence-corrected chi connectivity index (χ2v) is 8.26. The SMILES string of the molecule is CCOc1cc(CN2CCC(Nc3nc4c(C(=O)NCCO)cccc4o3)CC2)ccc1OC. The van der Waals surface area contributed by atoms with Gasteiger partial charge in [-0.25, -0.2) is 0 Å². The molecule has 1 saturated heterocycles. The van der Waals surface area contributed by atoms with Gasteiger partial charge in [0.2, 0.25) is 0 Å². The number of piperidine rings is 1. The van der Waals surface area contributed by atoms with E-state index < -0.39 is 0 Å². The van der Waals surface area contributed by atoms with E-state index in [0.29, 0.717) is 29.3 Å². The third-order valence-electron chi connectivity index (χ3n) is 5.91. The van der Waals surface area contributed by atoms with Crippen molar-refractivity contribution in [2.45, 2.75) is 32.4 Å². The van der Waals surface area contributed by atoms with E-state index in [4.69, 9.17) is 19.0 Å². The predicted octanol–water partition coefficient (Wildman–Crippen LogP) is 3.03. The van der Waals surface area contributed by atoms with Gasteiger partial charge in [-0.1, -0.05) is 12.1 Å². The molecule has 4 rings (SSSR count). The molecule has 1 aromatic heterocycles. The molecule has 0 unspecified atom stereocenters. The number of ether oxygens (including phenoxy) is 2. The van der Waals surface area contributed by atoms with Gasteiger partial charge in [-0.15, -0.1) is 0 Å². The van der Waals surface area contributed by atoms with Crippen LogP contribution >= 0.6 is 0 Å². The molecule has 0 aliphatic carbocycles. The van der Waals surface area contributed by atoms with E-state index in [9.17, 15) is 4.79 Å². The second-order valence-electron chi connectivity index (χ2n) is 8.26. The van der Waals surface area contributed by atoms with Gasteiger partial charge in [0.1, 0.15) is 5.52 Å². The largest absolute Gasteiger partial charge is 0.493 e. The first-order chi connectivity index (χ1) is 16.6. The highest BCUT2D eigenvalue weighted by Gasteiger charge is 2.22. The number of anilines is 1. The second kappa shape index (κ2) is 11.2. The molecule has 1 aliphatic rings. The third kappa shape index (κ3) is 5.60. The lowest BCUT2D eigenvalue weighted by molar-refractivity contribution is 0.0946. The van der Waals surface area contributed by atoms with Crippen LogP contribution in [0.2, 0.25) is 0 Å². The number of aliphatic hydroxyl groups excluding tert-OH is 1. The number of amides is 1. The van der Waals surface area contributed by atoms with E-state index in [1.165, 1.54) is 5.56 Å². The first kappa shape index (κ1) is 23.8. The standard InChI is InChI=1S/C25H32N4O5/c1-3-33-22-15-17(7-8-20(22)32-2)16-29-12-9-18(10-13-29)27-25-28-23-19(24(31)26-11-14-30)5-4-6-21(23)34-25/h4-8,15,18,30H,3,9-14,16H2,1-2H3,(H,26,31)(H,27,28). The fourth-order valence-electron chi connectivity index (χ4n) is 4.21. The van der Waals surface area contributed by atoms with Crippen LogP contribution in [0.25, 0.3) is 11.1 Å². The van der Waals surface area contributed by atoms with E-state index in [1.54, 1.807) is 25.3 Å². The van der Waals surface area contributed by atoms with Crippen LogP contribution < -0.4 is 20.1 Å². The number of methoxy groups -OCH3 is 1. The molecule has 0 atom stereocenters. The summed E-state index contributed by atoms with van der Waals surface area (Å²) >= 11 is 0. The molecule has 34 heavy (non-hydrogen) atoms. The Kier molecular flexibility index (Phi) is 7.87. The average Bonchev–Trinajstić information content (AvgIpc) is 3.26. The van der Waals surface area contributed by atoms with Gasteiger partial charge in [-0.3, -0.25) is 9.69 Å². The van der Waals surface area contributed by atoms with Gasteiger partial charge >= 0.3 is 0 Å². The van der Waals surface area contributed by atoms with Gasteiger partial charge in [0, 0.05) is 32.2 Å². The minimum atomic E-state index is -0.279. The molecule has 1 fully saturated rings. The monoisotopic (exact) mass is 468 g/mol. The van der Waals surface area contributed by atoms with E-state index in [1.807, 2.05) is 13.0 Å². The summed E-state index contributed by atoms with van der Waals surface area (Å²) in [5.41, 5.74) is 2.70. The molecule has 0 saturated carbocycles. The van der Waals surface area contributed by atoms with Crippen molar-refractivity contribution in [3.05, 3.63) is 47.5 Å². The van der Waals surface area contributed by atoms with E-state index >= 15 is 0 Å². The van der Waals surface area contributed by atoms with Crippen LogP contribution in [-0.2, 0) is 6.54 Å². The zero-order valence-electron chi connectivity index (χ0n) is 19.7. The molecule has 9 nitrogen and oxygen atoms in total. The van der Waals surface area contributed by atoms with Gasteiger partial charge in [-0.05, 0) is 49.6 Å². The lowest BCUT2D eigenvalue weighted by atomic mass is 10.0. The summed E-state index contributed by atoms with van der Waals surface area (Å²) in [6.45, 7) is 5.39. The molecule has 3 N–H and O–H groups in total. The Morgan fingerprint density at radius 3 is 2.79 bits per heavy atom. The number of likely N-dealkylation sites (tertiary alicyclic amines) is 1. The van der Waals surface area contributed by atoms with Crippen LogP contribution in [0.15, 0.2) is 40.8 Å². The van der Waals surface area contributed by atoms with Crippen molar-refractivity contribution in [1.82, 2.24) is 15.2 Å². The topological polar surface area (TPSA) is 109 Å². The van der Waals surface area contributed by atoms with Crippen LogP contribution in [0.5, 0.6) is 11.5 Å². The maximum atomic E-state index is 12.4. The maximum Gasteiger partial charge on any atom is 0.295 e. The molecule has 182 valence electrons. The van der Waals surface area contributed by atoms with Crippen LogP contribution in [0.1, 0.15) is 35.7 Å². The number of carbonyl (C=O) groups excluding carboxylic acids is 1. The maximum absolute atomic E-state index is 12.4. The van der Waals surface area contributed by atoms with Crippen molar-refractivity contribution in [3.8, 4) is 11.5 Å². The molecule has 0 spiro atoms. The van der Waals surface area contributed by atoms with Crippen LogP contribution in [-0.4, -0.2) is 66.9 Å². The Morgan fingerprint density at radius 2 is 2.06 bits per heavy atom. The third-order valence-corrected chi connectivity index (χ3v) is 5.91. The first-order valence-electron chi connectivity index (χ1n) is 11.7. The number of rotatable bonds is 10. The van der Waals surface area contributed by atoms with Crippen LogP contribution in [0, 0.1) is 0 Å². The highest BCUT2D eigenvalue weighted by Crippen LogP contribution is 2.29. The molecule has 0 radical (unpaired) electrons. The van der Waals surface area contributed by atoms with Crippen molar-refractivity contribution in [2.75, 3.05) is 45.3 Å².